The molecule has 2 aromatic heterocycles. The van der Waals surface area contributed by atoms with Crippen molar-refractivity contribution in [3.05, 3.63) is 60.2 Å². The first-order valence-corrected chi connectivity index (χ1v) is 9.16. The van der Waals surface area contributed by atoms with Crippen molar-refractivity contribution in [2.75, 3.05) is 26.2 Å². The molecule has 0 aromatic carbocycles. The number of nitrogens with zero attached hydrogens (tertiary/aromatic N) is 4. The van der Waals surface area contributed by atoms with E-state index in [4.69, 9.17) is 4.74 Å². The second kappa shape index (κ2) is 7.51. The van der Waals surface area contributed by atoms with Crippen LogP contribution in [0, 0.1) is 0 Å². The smallest absolute Gasteiger partial charge is 0.249 e. The van der Waals surface area contributed by atoms with E-state index in [-0.39, 0.29) is 18.1 Å². The van der Waals surface area contributed by atoms with E-state index in [9.17, 15) is 4.79 Å². The van der Waals surface area contributed by atoms with E-state index in [1.807, 2.05) is 41.4 Å². The van der Waals surface area contributed by atoms with Gasteiger partial charge in [0.05, 0.1) is 30.1 Å². The third kappa shape index (κ3) is 3.92. The van der Waals surface area contributed by atoms with E-state index in [0.29, 0.717) is 13.1 Å². The number of carbonyl (C=O) groups excluding carboxylic acids is 1. The Morgan fingerprint density at radius 2 is 1.62 bits per heavy atom. The van der Waals surface area contributed by atoms with Gasteiger partial charge in [0.2, 0.25) is 5.91 Å². The van der Waals surface area contributed by atoms with Crippen LogP contribution in [0.2, 0.25) is 0 Å². The molecule has 2 aliphatic rings. The molecule has 2 fully saturated rings. The fraction of sp³-hybridized carbons (Fsp3) is 0.450. The first-order valence-electron chi connectivity index (χ1n) is 9.16. The van der Waals surface area contributed by atoms with Gasteiger partial charge in [0, 0.05) is 32.0 Å². The first-order chi connectivity index (χ1) is 12.7. The number of aromatic nitrogens is 2. The lowest BCUT2D eigenvalue weighted by atomic mass is 9.89. The quantitative estimate of drug-likeness (QED) is 0.841. The molecular formula is C20H24N4O2. The SMILES string of the molecule is O=C1COC2(CCN(Cc3ccccn3)CC2)CN1Cc1ccccn1. The number of carbonyl (C=O) groups is 1. The molecule has 0 radical (unpaired) electrons. The zero-order valence-electron chi connectivity index (χ0n) is 14.9. The average molecular weight is 352 g/mol. The number of hydrogen-bond donors (Lipinski definition) is 0. The normalized spacial score (nSPS) is 20.5. The zero-order valence-corrected chi connectivity index (χ0v) is 14.9. The van der Waals surface area contributed by atoms with Gasteiger partial charge in [-0.25, -0.2) is 0 Å². The summed E-state index contributed by atoms with van der Waals surface area (Å²) in [6.07, 6.45) is 5.48. The molecule has 0 saturated carbocycles. The van der Waals surface area contributed by atoms with Crippen LogP contribution in [0.3, 0.4) is 0 Å². The molecule has 6 heteroatoms. The predicted octanol–water partition coefficient (Wildman–Crippen LogP) is 1.87. The number of ether oxygens (including phenoxy) is 1. The molecule has 0 bridgehead atoms. The summed E-state index contributed by atoms with van der Waals surface area (Å²) in [6.45, 7) is 4.17. The van der Waals surface area contributed by atoms with Crippen molar-refractivity contribution >= 4 is 5.91 Å². The van der Waals surface area contributed by atoms with E-state index < -0.39 is 0 Å². The van der Waals surface area contributed by atoms with Crippen molar-refractivity contribution < 1.29 is 9.53 Å². The lowest BCUT2D eigenvalue weighted by Gasteiger charge is -2.47. The van der Waals surface area contributed by atoms with Crippen LogP contribution in [0.5, 0.6) is 0 Å². The standard InChI is InChI=1S/C20H24N4O2/c25-19-15-26-20(16-24(19)14-18-6-2-4-10-22-18)7-11-23(12-8-20)13-17-5-1-3-9-21-17/h1-6,9-10H,7-8,11-16H2. The zero-order chi connectivity index (χ0) is 17.8. The molecule has 0 aliphatic carbocycles. The highest BCUT2D eigenvalue weighted by Crippen LogP contribution is 2.31. The van der Waals surface area contributed by atoms with Crippen LogP contribution in [0.1, 0.15) is 24.2 Å². The largest absolute Gasteiger partial charge is 0.363 e. The van der Waals surface area contributed by atoms with Gasteiger partial charge in [-0.1, -0.05) is 12.1 Å². The fourth-order valence-electron chi connectivity index (χ4n) is 3.76. The lowest BCUT2D eigenvalue weighted by molar-refractivity contribution is -0.173. The third-order valence-electron chi connectivity index (χ3n) is 5.29. The van der Waals surface area contributed by atoms with Crippen LogP contribution >= 0.6 is 0 Å². The van der Waals surface area contributed by atoms with Crippen LogP contribution in [-0.2, 0) is 22.6 Å². The summed E-state index contributed by atoms with van der Waals surface area (Å²) >= 11 is 0. The maximum atomic E-state index is 12.3. The molecule has 0 unspecified atom stereocenters. The Balaban J connectivity index is 1.36. The van der Waals surface area contributed by atoms with Crippen molar-refractivity contribution in [2.24, 2.45) is 0 Å². The summed E-state index contributed by atoms with van der Waals surface area (Å²) in [7, 11) is 0. The van der Waals surface area contributed by atoms with Gasteiger partial charge in [0.25, 0.3) is 0 Å². The number of amides is 1. The van der Waals surface area contributed by atoms with Gasteiger partial charge in [-0.3, -0.25) is 19.7 Å². The molecule has 6 nitrogen and oxygen atoms in total. The van der Waals surface area contributed by atoms with Gasteiger partial charge in [-0.2, -0.15) is 0 Å². The van der Waals surface area contributed by atoms with Crippen molar-refractivity contribution in [1.82, 2.24) is 19.8 Å². The van der Waals surface area contributed by atoms with Gasteiger partial charge in [-0.05, 0) is 37.1 Å². The summed E-state index contributed by atoms with van der Waals surface area (Å²) in [5, 5.41) is 0. The van der Waals surface area contributed by atoms with E-state index in [1.165, 1.54) is 0 Å². The Morgan fingerprint density at radius 3 is 2.23 bits per heavy atom. The Labute approximate surface area is 153 Å². The van der Waals surface area contributed by atoms with E-state index in [2.05, 4.69) is 20.9 Å². The second-order valence-corrected chi connectivity index (χ2v) is 7.14. The summed E-state index contributed by atoms with van der Waals surface area (Å²) in [6, 6.07) is 11.8. The lowest BCUT2D eigenvalue weighted by Crippen LogP contribution is -2.58. The van der Waals surface area contributed by atoms with Crippen molar-refractivity contribution in [1.29, 1.82) is 0 Å². The molecule has 4 heterocycles. The van der Waals surface area contributed by atoms with Gasteiger partial charge in [-0.15, -0.1) is 0 Å². The molecule has 26 heavy (non-hydrogen) atoms. The third-order valence-corrected chi connectivity index (χ3v) is 5.29. The minimum Gasteiger partial charge on any atom is -0.363 e. The highest BCUT2D eigenvalue weighted by Gasteiger charge is 2.42. The molecule has 136 valence electrons. The summed E-state index contributed by atoms with van der Waals surface area (Å²) in [5.41, 5.74) is 1.80. The summed E-state index contributed by atoms with van der Waals surface area (Å²) in [4.78, 5) is 25.4. The van der Waals surface area contributed by atoms with Crippen LogP contribution in [-0.4, -0.2) is 57.5 Å². The number of pyridine rings is 2. The van der Waals surface area contributed by atoms with Crippen LogP contribution in [0.25, 0.3) is 0 Å². The van der Waals surface area contributed by atoms with E-state index in [0.717, 1.165) is 43.9 Å². The number of morpholine rings is 1. The molecule has 1 spiro atoms. The first kappa shape index (κ1) is 17.1. The number of rotatable bonds is 4. The molecule has 0 N–H and O–H groups in total. The van der Waals surface area contributed by atoms with Crippen LogP contribution in [0.15, 0.2) is 48.8 Å². The van der Waals surface area contributed by atoms with Crippen molar-refractivity contribution in [2.45, 2.75) is 31.5 Å². The second-order valence-electron chi connectivity index (χ2n) is 7.14. The molecule has 2 aromatic rings. The minimum absolute atomic E-state index is 0.0530. The molecule has 2 saturated heterocycles. The fourth-order valence-corrected chi connectivity index (χ4v) is 3.76. The number of likely N-dealkylation sites (tertiary alicyclic amines) is 1. The monoisotopic (exact) mass is 352 g/mol. The Morgan fingerprint density at radius 1 is 0.962 bits per heavy atom. The minimum atomic E-state index is -0.219. The molecule has 2 aliphatic heterocycles. The number of hydrogen-bond acceptors (Lipinski definition) is 5. The Hall–Kier alpha value is -2.31. The van der Waals surface area contributed by atoms with E-state index in [1.54, 1.807) is 6.20 Å². The van der Waals surface area contributed by atoms with Crippen LogP contribution in [0.4, 0.5) is 0 Å². The number of piperidine rings is 1. The highest BCUT2D eigenvalue weighted by molar-refractivity contribution is 5.78. The van der Waals surface area contributed by atoms with Gasteiger partial charge < -0.3 is 9.64 Å². The average Bonchev–Trinajstić information content (AvgIpc) is 2.69. The molecule has 1 amide bonds. The highest BCUT2D eigenvalue weighted by atomic mass is 16.5. The molecular weight excluding hydrogens is 328 g/mol. The topological polar surface area (TPSA) is 58.6 Å². The summed E-state index contributed by atoms with van der Waals surface area (Å²) in [5.74, 6) is 0.0530. The van der Waals surface area contributed by atoms with Gasteiger partial charge in [0.15, 0.2) is 0 Å². The summed E-state index contributed by atoms with van der Waals surface area (Å²) < 4.78 is 6.03. The Bertz CT molecular complexity index is 730. The Kier molecular flexibility index (Phi) is 4.95. The van der Waals surface area contributed by atoms with Gasteiger partial charge >= 0.3 is 0 Å². The maximum absolute atomic E-state index is 12.3. The van der Waals surface area contributed by atoms with E-state index >= 15 is 0 Å². The van der Waals surface area contributed by atoms with Gasteiger partial charge in [0.1, 0.15) is 6.61 Å². The molecule has 4 rings (SSSR count). The van der Waals surface area contributed by atoms with Crippen LogP contribution < -0.4 is 0 Å². The van der Waals surface area contributed by atoms with Crippen molar-refractivity contribution in [3.8, 4) is 0 Å². The predicted molar refractivity (Wildman–Crippen MR) is 97.1 cm³/mol. The van der Waals surface area contributed by atoms with Crippen molar-refractivity contribution in [3.63, 3.8) is 0 Å². The molecule has 0 atom stereocenters. The maximum Gasteiger partial charge on any atom is 0.249 e.